The molecule has 2 atom stereocenters. The highest BCUT2D eigenvalue weighted by Gasteiger charge is 2.24. The maximum Gasteiger partial charge on any atom is 0.314 e. The second kappa shape index (κ2) is 5.23. The Hall–Kier alpha value is -0.730. The van der Waals surface area contributed by atoms with Gasteiger partial charge in [-0.3, -0.25) is 0 Å². The van der Waals surface area contributed by atoms with Crippen LogP contribution in [0.4, 0.5) is 4.79 Å². The maximum atomic E-state index is 11.3. The zero-order chi connectivity index (χ0) is 10.6. The molecular weight excluding hydrogens is 176 g/mol. The van der Waals surface area contributed by atoms with Gasteiger partial charge in [0.25, 0.3) is 0 Å². The molecule has 3 nitrogen and oxygen atoms in total. The molecule has 1 rings (SSSR count). The lowest BCUT2D eigenvalue weighted by atomic mass is 9.80. The van der Waals surface area contributed by atoms with E-state index >= 15 is 0 Å². The predicted octanol–water partition coefficient (Wildman–Crippen LogP) is 2.13. The molecule has 14 heavy (non-hydrogen) atoms. The van der Waals surface area contributed by atoms with Crippen LogP contribution in [0.25, 0.3) is 0 Å². The van der Waals surface area contributed by atoms with Crippen molar-refractivity contribution >= 4 is 6.03 Å². The Balaban J connectivity index is 2.33. The zero-order valence-corrected chi connectivity index (χ0v) is 9.47. The highest BCUT2D eigenvalue weighted by Crippen LogP contribution is 2.28. The summed E-state index contributed by atoms with van der Waals surface area (Å²) in [6, 6.07) is 0.360. The highest BCUT2D eigenvalue weighted by molar-refractivity contribution is 5.74. The highest BCUT2D eigenvalue weighted by atomic mass is 16.2. The van der Waals surface area contributed by atoms with Gasteiger partial charge in [-0.1, -0.05) is 13.8 Å². The molecule has 0 aromatic rings. The molecule has 3 heteroatoms. The van der Waals surface area contributed by atoms with Crippen LogP contribution in [-0.2, 0) is 0 Å². The van der Waals surface area contributed by atoms with Crippen LogP contribution in [0.1, 0.15) is 40.0 Å². The molecule has 0 radical (unpaired) electrons. The molecule has 0 bridgehead atoms. The van der Waals surface area contributed by atoms with E-state index in [1.807, 2.05) is 6.92 Å². The molecule has 1 saturated carbocycles. The van der Waals surface area contributed by atoms with Crippen LogP contribution in [-0.4, -0.2) is 18.6 Å². The number of hydrogen-bond donors (Lipinski definition) is 2. The average molecular weight is 198 g/mol. The molecule has 2 N–H and O–H groups in total. The summed E-state index contributed by atoms with van der Waals surface area (Å²) >= 11 is 0. The molecule has 0 saturated heterocycles. The molecule has 2 unspecified atom stereocenters. The number of rotatable bonds is 2. The van der Waals surface area contributed by atoms with Crippen molar-refractivity contribution in [3.05, 3.63) is 0 Å². The van der Waals surface area contributed by atoms with E-state index in [-0.39, 0.29) is 6.03 Å². The summed E-state index contributed by atoms with van der Waals surface area (Å²) in [7, 11) is 0. The third kappa shape index (κ3) is 3.56. The Morgan fingerprint density at radius 2 is 1.79 bits per heavy atom. The summed E-state index contributed by atoms with van der Waals surface area (Å²) in [6.45, 7) is 7.17. The van der Waals surface area contributed by atoms with Crippen LogP contribution in [0.15, 0.2) is 0 Å². The SMILES string of the molecule is CCNC(=O)NC1CC(C)CC(C)C1. The molecule has 0 aromatic heterocycles. The summed E-state index contributed by atoms with van der Waals surface area (Å²) in [5.74, 6) is 1.48. The molecule has 1 aliphatic rings. The molecule has 1 aliphatic carbocycles. The van der Waals surface area contributed by atoms with E-state index in [9.17, 15) is 4.79 Å². The number of nitrogens with one attached hydrogen (secondary N) is 2. The first-order chi connectivity index (χ1) is 6.61. The van der Waals surface area contributed by atoms with E-state index in [1.54, 1.807) is 0 Å². The van der Waals surface area contributed by atoms with Crippen LogP contribution in [0, 0.1) is 11.8 Å². The lowest BCUT2D eigenvalue weighted by Gasteiger charge is -2.31. The van der Waals surface area contributed by atoms with Gasteiger partial charge >= 0.3 is 6.03 Å². The second-order valence-corrected chi connectivity index (χ2v) is 4.62. The standard InChI is InChI=1S/C11H22N2O/c1-4-12-11(14)13-10-6-8(2)5-9(3)7-10/h8-10H,4-7H2,1-3H3,(H2,12,13,14). The summed E-state index contributed by atoms with van der Waals surface area (Å²) in [5.41, 5.74) is 0. The molecule has 1 fully saturated rings. The smallest absolute Gasteiger partial charge is 0.314 e. The largest absolute Gasteiger partial charge is 0.338 e. The average Bonchev–Trinajstić information content (AvgIpc) is 2.01. The Morgan fingerprint density at radius 3 is 2.29 bits per heavy atom. The topological polar surface area (TPSA) is 41.1 Å². The van der Waals surface area contributed by atoms with Gasteiger partial charge in [-0.2, -0.15) is 0 Å². The molecule has 0 aliphatic heterocycles. The summed E-state index contributed by atoms with van der Waals surface area (Å²) in [5, 5.41) is 5.80. The van der Waals surface area contributed by atoms with E-state index in [0.717, 1.165) is 24.7 Å². The lowest BCUT2D eigenvalue weighted by Crippen LogP contribution is -2.45. The Bertz CT molecular complexity index is 184. The number of hydrogen-bond acceptors (Lipinski definition) is 1. The van der Waals surface area contributed by atoms with Gasteiger partial charge in [0.05, 0.1) is 0 Å². The van der Waals surface area contributed by atoms with Gasteiger partial charge in [-0.05, 0) is 38.0 Å². The normalized spacial score (nSPS) is 32.4. The fourth-order valence-electron chi connectivity index (χ4n) is 2.46. The minimum atomic E-state index is -0.0150. The van der Waals surface area contributed by atoms with Crippen LogP contribution in [0.2, 0.25) is 0 Å². The first-order valence-electron chi connectivity index (χ1n) is 5.66. The van der Waals surface area contributed by atoms with Crippen molar-refractivity contribution in [2.45, 2.75) is 46.1 Å². The van der Waals surface area contributed by atoms with E-state index in [4.69, 9.17) is 0 Å². The quantitative estimate of drug-likeness (QED) is 0.701. The van der Waals surface area contributed by atoms with Crippen molar-refractivity contribution in [1.82, 2.24) is 10.6 Å². The van der Waals surface area contributed by atoms with E-state index < -0.39 is 0 Å². The first kappa shape index (κ1) is 11.3. The fraction of sp³-hybridized carbons (Fsp3) is 0.909. The number of carbonyl (C=O) groups excluding carboxylic acids is 1. The van der Waals surface area contributed by atoms with Crippen molar-refractivity contribution < 1.29 is 4.79 Å². The molecule has 0 spiro atoms. The lowest BCUT2D eigenvalue weighted by molar-refractivity contribution is 0.214. The van der Waals surface area contributed by atoms with Crippen molar-refractivity contribution in [2.75, 3.05) is 6.54 Å². The summed E-state index contributed by atoms with van der Waals surface area (Å²) in [6.07, 6.45) is 3.55. The second-order valence-electron chi connectivity index (χ2n) is 4.62. The van der Waals surface area contributed by atoms with Crippen LogP contribution in [0.3, 0.4) is 0 Å². The third-order valence-electron chi connectivity index (χ3n) is 2.85. The van der Waals surface area contributed by atoms with E-state index in [1.165, 1.54) is 6.42 Å². The van der Waals surface area contributed by atoms with Gasteiger partial charge in [-0.25, -0.2) is 4.79 Å². The van der Waals surface area contributed by atoms with Crippen LogP contribution >= 0.6 is 0 Å². The van der Waals surface area contributed by atoms with E-state index in [0.29, 0.717) is 12.6 Å². The van der Waals surface area contributed by atoms with Gasteiger partial charge < -0.3 is 10.6 Å². The van der Waals surface area contributed by atoms with Gasteiger partial charge in [-0.15, -0.1) is 0 Å². The summed E-state index contributed by atoms with van der Waals surface area (Å²) in [4.78, 5) is 11.3. The van der Waals surface area contributed by atoms with Crippen molar-refractivity contribution in [3.8, 4) is 0 Å². The van der Waals surface area contributed by atoms with Crippen molar-refractivity contribution in [1.29, 1.82) is 0 Å². The fourth-order valence-corrected chi connectivity index (χ4v) is 2.46. The maximum absolute atomic E-state index is 11.3. The Morgan fingerprint density at radius 1 is 1.21 bits per heavy atom. The number of amides is 2. The molecule has 0 heterocycles. The first-order valence-corrected chi connectivity index (χ1v) is 5.66. The van der Waals surface area contributed by atoms with E-state index in [2.05, 4.69) is 24.5 Å². The van der Waals surface area contributed by atoms with Gasteiger partial charge in [0.15, 0.2) is 0 Å². The number of carbonyl (C=O) groups is 1. The minimum absolute atomic E-state index is 0.0150. The summed E-state index contributed by atoms with van der Waals surface area (Å²) < 4.78 is 0. The van der Waals surface area contributed by atoms with Gasteiger partial charge in [0.1, 0.15) is 0 Å². The molecule has 0 aromatic carbocycles. The Labute approximate surface area is 86.6 Å². The predicted molar refractivity (Wildman–Crippen MR) is 58.2 cm³/mol. The van der Waals surface area contributed by atoms with Gasteiger partial charge in [0.2, 0.25) is 0 Å². The zero-order valence-electron chi connectivity index (χ0n) is 9.47. The third-order valence-corrected chi connectivity index (χ3v) is 2.85. The minimum Gasteiger partial charge on any atom is -0.338 e. The van der Waals surface area contributed by atoms with Crippen LogP contribution < -0.4 is 10.6 Å². The molecule has 2 amide bonds. The van der Waals surface area contributed by atoms with Gasteiger partial charge in [0, 0.05) is 12.6 Å². The Kier molecular flexibility index (Phi) is 4.23. The number of urea groups is 1. The van der Waals surface area contributed by atoms with Crippen LogP contribution in [0.5, 0.6) is 0 Å². The van der Waals surface area contributed by atoms with Crippen molar-refractivity contribution in [3.63, 3.8) is 0 Å². The monoisotopic (exact) mass is 198 g/mol. The molecular formula is C11H22N2O. The molecule has 82 valence electrons. The van der Waals surface area contributed by atoms with Crippen molar-refractivity contribution in [2.24, 2.45) is 11.8 Å².